The predicted octanol–water partition coefficient (Wildman–Crippen LogP) is 1.26. The number of nitrogen functional groups attached to an aromatic ring is 2. The Morgan fingerprint density at radius 1 is 1.06 bits per heavy atom. The molecule has 0 saturated heterocycles. The molecule has 0 atom stereocenters. The van der Waals surface area contributed by atoms with Crippen LogP contribution in [-0.4, -0.2) is 9.66 Å². The zero-order chi connectivity index (χ0) is 11.9. The van der Waals surface area contributed by atoms with Gasteiger partial charge in [0, 0.05) is 11.6 Å². The Labute approximate surface area is 88.3 Å². The van der Waals surface area contributed by atoms with Gasteiger partial charge in [-0.2, -0.15) is 0 Å². The zero-order valence-corrected chi connectivity index (χ0v) is 7.92. The second-order valence-corrected chi connectivity index (χ2v) is 3.13. The maximum Gasteiger partial charge on any atom is 0.161 e. The molecule has 16 heavy (non-hydrogen) atoms. The predicted molar refractivity (Wildman–Crippen MR) is 52.1 cm³/mol. The van der Waals surface area contributed by atoms with E-state index in [0.29, 0.717) is 12.1 Å². The number of hydrogen-bond acceptors (Lipinski definition) is 3. The summed E-state index contributed by atoms with van der Waals surface area (Å²) in [4.78, 5) is 3.70. The third-order valence-electron chi connectivity index (χ3n) is 2.10. The van der Waals surface area contributed by atoms with E-state index in [1.54, 1.807) is 0 Å². The molecule has 4 nitrogen and oxygen atoms in total. The van der Waals surface area contributed by atoms with Crippen LogP contribution in [0.2, 0.25) is 0 Å². The highest BCUT2D eigenvalue weighted by Crippen LogP contribution is 2.27. The van der Waals surface area contributed by atoms with E-state index in [-0.39, 0.29) is 17.1 Å². The Bertz CT molecular complexity index is 550. The van der Waals surface area contributed by atoms with Gasteiger partial charge in [-0.3, -0.25) is 0 Å². The van der Waals surface area contributed by atoms with Crippen LogP contribution in [0.15, 0.2) is 18.5 Å². The Morgan fingerprint density at radius 2 is 1.69 bits per heavy atom. The SMILES string of the molecule is Nc1c(-c2cc(F)c(F)cc2F)ncn1N. The molecule has 0 radical (unpaired) electrons. The molecule has 0 saturated carbocycles. The van der Waals surface area contributed by atoms with E-state index in [0.717, 1.165) is 11.0 Å². The number of rotatable bonds is 1. The minimum Gasteiger partial charge on any atom is -0.382 e. The summed E-state index contributed by atoms with van der Waals surface area (Å²) in [5.41, 5.74) is 5.22. The van der Waals surface area contributed by atoms with E-state index >= 15 is 0 Å². The minimum absolute atomic E-state index is 0.0288. The van der Waals surface area contributed by atoms with Gasteiger partial charge in [-0.05, 0) is 6.07 Å². The zero-order valence-electron chi connectivity index (χ0n) is 7.92. The highest BCUT2D eigenvalue weighted by atomic mass is 19.2. The van der Waals surface area contributed by atoms with Crippen molar-refractivity contribution in [2.24, 2.45) is 0 Å². The molecule has 0 aliphatic carbocycles. The minimum atomic E-state index is -1.27. The van der Waals surface area contributed by atoms with Crippen molar-refractivity contribution in [2.45, 2.75) is 0 Å². The fraction of sp³-hybridized carbons (Fsp3) is 0. The lowest BCUT2D eigenvalue weighted by molar-refractivity contribution is 0.496. The van der Waals surface area contributed by atoms with Gasteiger partial charge < -0.3 is 11.6 Å². The number of imidazole rings is 1. The summed E-state index contributed by atoms with van der Waals surface area (Å²) in [5, 5.41) is 0. The molecule has 0 unspecified atom stereocenters. The summed E-state index contributed by atoms with van der Waals surface area (Å²) in [7, 11) is 0. The molecule has 4 N–H and O–H groups in total. The Morgan fingerprint density at radius 3 is 2.25 bits per heavy atom. The second kappa shape index (κ2) is 3.44. The van der Waals surface area contributed by atoms with Crippen molar-refractivity contribution in [3.8, 4) is 11.3 Å². The van der Waals surface area contributed by atoms with Gasteiger partial charge in [0.1, 0.15) is 17.8 Å². The highest BCUT2D eigenvalue weighted by molar-refractivity contribution is 5.70. The summed E-state index contributed by atoms with van der Waals surface area (Å²) in [6, 6.07) is 1.11. The molecule has 0 spiro atoms. The standard InChI is InChI=1S/C9H7F3N4/c10-5-2-7(12)6(11)1-4(5)8-9(13)16(14)3-15-8/h1-3H,13-14H2. The van der Waals surface area contributed by atoms with Gasteiger partial charge in [0.25, 0.3) is 0 Å². The van der Waals surface area contributed by atoms with Gasteiger partial charge >= 0.3 is 0 Å². The molecule has 0 bridgehead atoms. The maximum absolute atomic E-state index is 13.4. The summed E-state index contributed by atoms with van der Waals surface area (Å²) in [5.74, 6) is 1.89. The molecule has 0 amide bonds. The van der Waals surface area contributed by atoms with Crippen LogP contribution < -0.4 is 11.6 Å². The number of nitrogens with two attached hydrogens (primary N) is 2. The Balaban J connectivity index is 2.65. The first-order chi connectivity index (χ1) is 7.50. The fourth-order valence-corrected chi connectivity index (χ4v) is 1.28. The van der Waals surface area contributed by atoms with Crippen molar-refractivity contribution >= 4 is 5.82 Å². The number of benzene rings is 1. The monoisotopic (exact) mass is 228 g/mol. The third-order valence-corrected chi connectivity index (χ3v) is 2.10. The molecule has 2 aromatic rings. The van der Waals surface area contributed by atoms with Gasteiger partial charge in [0.2, 0.25) is 0 Å². The van der Waals surface area contributed by atoms with Crippen LogP contribution in [0.1, 0.15) is 0 Å². The third kappa shape index (κ3) is 1.46. The lowest BCUT2D eigenvalue weighted by Crippen LogP contribution is -2.10. The van der Waals surface area contributed by atoms with Crippen LogP contribution in [-0.2, 0) is 0 Å². The molecule has 1 heterocycles. The molecular formula is C9H7F3N4. The number of anilines is 1. The van der Waals surface area contributed by atoms with Gasteiger partial charge in [0.05, 0.1) is 0 Å². The Hall–Kier alpha value is -2.18. The van der Waals surface area contributed by atoms with Crippen LogP contribution in [0, 0.1) is 17.5 Å². The highest BCUT2D eigenvalue weighted by Gasteiger charge is 2.16. The van der Waals surface area contributed by atoms with Gasteiger partial charge in [-0.1, -0.05) is 0 Å². The first-order valence-corrected chi connectivity index (χ1v) is 4.23. The average molecular weight is 228 g/mol. The summed E-state index contributed by atoms with van der Waals surface area (Å²) >= 11 is 0. The summed E-state index contributed by atoms with van der Waals surface area (Å²) in [6.07, 6.45) is 1.14. The van der Waals surface area contributed by atoms with E-state index in [2.05, 4.69) is 4.98 Å². The molecule has 1 aromatic heterocycles. The molecule has 0 aliphatic heterocycles. The van der Waals surface area contributed by atoms with Crippen LogP contribution in [0.25, 0.3) is 11.3 Å². The lowest BCUT2D eigenvalue weighted by Gasteiger charge is -2.03. The average Bonchev–Trinajstić information content (AvgIpc) is 2.54. The van der Waals surface area contributed by atoms with Crippen LogP contribution in [0.3, 0.4) is 0 Å². The molecule has 1 aromatic carbocycles. The fourth-order valence-electron chi connectivity index (χ4n) is 1.28. The molecule has 2 rings (SSSR count). The maximum atomic E-state index is 13.4. The number of nitrogens with zero attached hydrogens (tertiary/aromatic N) is 2. The topological polar surface area (TPSA) is 69.9 Å². The summed E-state index contributed by atoms with van der Waals surface area (Å²) in [6.45, 7) is 0. The first-order valence-electron chi connectivity index (χ1n) is 4.23. The van der Waals surface area contributed by atoms with E-state index in [9.17, 15) is 13.2 Å². The quantitative estimate of drug-likeness (QED) is 0.570. The van der Waals surface area contributed by atoms with Gasteiger partial charge in [0.15, 0.2) is 17.5 Å². The number of aromatic nitrogens is 2. The van der Waals surface area contributed by atoms with E-state index in [1.807, 2.05) is 0 Å². The van der Waals surface area contributed by atoms with E-state index in [4.69, 9.17) is 11.6 Å². The van der Waals surface area contributed by atoms with Crippen molar-refractivity contribution < 1.29 is 13.2 Å². The smallest absolute Gasteiger partial charge is 0.161 e. The molecule has 7 heteroatoms. The second-order valence-electron chi connectivity index (χ2n) is 3.13. The van der Waals surface area contributed by atoms with Crippen molar-refractivity contribution in [3.05, 3.63) is 35.9 Å². The molecule has 0 aliphatic rings. The van der Waals surface area contributed by atoms with Crippen molar-refractivity contribution in [2.75, 3.05) is 11.6 Å². The number of halogens is 3. The lowest BCUT2D eigenvalue weighted by atomic mass is 10.1. The van der Waals surface area contributed by atoms with E-state index < -0.39 is 17.5 Å². The summed E-state index contributed by atoms with van der Waals surface area (Å²) < 4.78 is 39.9. The van der Waals surface area contributed by atoms with Crippen molar-refractivity contribution in [1.29, 1.82) is 0 Å². The van der Waals surface area contributed by atoms with Crippen LogP contribution in [0.4, 0.5) is 19.0 Å². The Kier molecular flexibility index (Phi) is 2.22. The van der Waals surface area contributed by atoms with Crippen LogP contribution >= 0.6 is 0 Å². The van der Waals surface area contributed by atoms with Crippen LogP contribution in [0.5, 0.6) is 0 Å². The normalized spacial score (nSPS) is 10.7. The van der Waals surface area contributed by atoms with Gasteiger partial charge in [-0.15, -0.1) is 0 Å². The molecule has 84 valence electrons. The largest absolute Gasteiger partial charge is 0.382 e. The molecular weight excluding hydrogens is 221 g/mol. The van der Waals surface area contributed by atoms with Crippen molar-refractivity contribution in [1.82, 2.24) is 9.66 Å². The van der Waals surface area contributed by atoms with Gasteiger partial charge in [-0.25, -0.2) is 22.8 Å². The molecule has 0 fully saturated rings. The van der Waals surface area contributed by atoms with E-state index in [1.165, 1.54) is 0 Å². The number of hydrogen-bond donors (Lipinski definition) is 2. The first kappa shape index (κ1) is 10.3. The van der Waals surface area contributed by atoms with Crippen molar-refractivity contribution in [3.63, 3.8) is 0 Å².